The van der Waals surface area contributed by atoms with Gasteiger partial charge in [-0.25, -0.2) is 66.4 Å². The summed E-state index contributed by atoms with van der Waals surface area (Å²) in [6.45, 7) is 1.01. The highest BCUT2D eigenvalue weighted by molar-refractivity contribution is 6.31. The SMILES string of the molecule is O=C(OC(=O)c1ccc2nc(Cc3cc(F)c(-c4cccc(OCc5cnc(-n6ccnn6)cc5Cl)n4)cc3F)n(CCOC3CC3)c2c1)c1ccc2nc(Cc3cc(F)c(-c4cccc(OCc5cnc(-n6ccnn6)cc5Cl)n4)cc3F)n(CCOC3CC3)c2c1. The molecule has 12 aromatic rings. The van der Waals surface area contributed by atoms with Gasteiger partial charge in [0.25, 0.3) is 0 Å². The zero-order chi connectivity index (χ0) is 63.7. The maximum Gasteiger partial charge on any atom is 0.346 e. The minimum Gasteiger partial charge on any atom is -0.473 e. The molecule has 4 aromatic carbocycles. The van der Waals surface area contributed by atoms with E-state index in [1.165, 1.54) is 70.5 Å². The fraction of sp³-hybridized carbons (Fsp3) is 0.212. The molecule has 2 saturated carbocycles. The molecule has 8 heterocycles. The van der Waals surface area contributed by atoms with E-state index in [1.807, 2.05) is 0 Å². The lowest BCUT2D eigenvalue weighted by atomic mass is 10.0. The second-order valence-corrected chi connectivity index (χ2v) is 22.9. The van der Waals surface area contributed by atoms with Crippen molar-refractivity contribution in [2.45, 2.75) is 77.0 Å². The lowest BCUT2D eigenvalue weighted by Crippen LogP contribution is -2.14. The maximum atomic E-state index is 16.2. The topological polar surface area (TPSA) is 229 Å². The molecule has 21 nitrogen and oxygen atoms in total. The van der Waals surface area contributed by atoms with Crippen LogP contribution in [0.4, 0.5) is 17.6 Å². The number of carbonyl (C=O) groups excluding carboxylic acids is 2. The Balaban J connectivity index is 0.664. The first-order valence-corrected chi connectivity index (χ1v) is 30.2. The summed E-state index contributed by atoms with van der Waals surface area (Å²) in [6.07, 6.45) is 13.0. The minimum atomic E-state index is -0.965. The smallest absolute Gasteiger partial charge is 0.346 e. The third-order valence-electron chi connectivity index (χ3n) is 15.6. The van der Waals surface area contributed by atoms with E-state index in [4.69, 9.17) is 56.9 Å². The summed E-state index contributed by atoms with van der Waals surface area (Å²) in [7, 11) is 0. The Bertz CT molecular complexity index is 4520. The third kappa shape index (κ3) is 13.5. The molecule has 0 atom stereocenters. The highest BCUT2D eigenvalue weighted by Gasteiger charge is 2.27. The summed E-state index contributed by atoms with van der Waals surface area (Å²) in [4.78, 5) is 55.1. The lowest BCUT2D eigenvalue weighted by Gasteiger charge is -2.13. The van der Waals surface area contributed by atoms with Crippen molar-refractivity contribution in [1.82, 2.24) is 69.0 Å². The fourth-order valence-electron chi connectivity index (χ4n) is 10.5. The summed E-state index contributed by atoms with van der Waals surface area (Å²) in [5, 5.41) is 16.1. The molecule has 0 unspecified atom stereocenters. The highest BCUT2D eigenvalue weighted by Crippen LogP contribution is 2.33. The number of ether oxygens (including phenoxy) is 5. The van der Waals surface area contributed by atoms with E-state index in [1.54, 1.807) is 70.1 Å². The van der Waals surface area contributed by atoms with Crippen molar-refractivity contribution in [1.29, 1.82) is 0 Å². The Labute approximate surface area is 535 Å². The van der Waals surface area contributed by atoms with Crippen LogP contribution in [0.5, 0.6) is 11.8 Å². The molecule has 0 saturated heterocycles. The quantitative estimate of drug-likeness (QED) is 0.0311. The van der Waals surface area contributed by atoms with Gasteiger partial charge in [0.05, 0.1) is 105 Å². The summed E-state index contributed by atoms with van der Waals surface area (Å²) in [6, 6.07) is 26.2. The molecule has 8 aromatic heterocycles. The van der Waals surface area contributed by atoms with Gasteiger partial charge in [-0.1, -0.05) is 45.8 Å². The van der Waals surface area contributed by atoms with Crippen LogP contribution in [0.3, 0.4) is 0 Å². The van der Waals surface area contributed by atoms with Crippen molar-refractivity contribution in [2.75, 3.05) is 13.2 Å². The first-order valence-electron chi connectivity index (χ1n) is 29.5. The van der Waals surface area contributed by atoms with E-state index in [-0.39, 0.29) is 121 Å². The molecule has 0 N–H and O–H groups in total. The van der Waals surface area contributed by atoms with E-state index in [9.17, 15) is 9.59 Å². The lowest BCUT2D eigenvalue weighted by molar-refractivity contribution is 0.0397. The summed E-state index contributed by atoms with van der Waals surface area (Å²) >= 11 is 13.0. The number of hydrogen-bond donors (Lipinski definition) is 0. The molecule has 2 aliphatic rings. The zero-order valence-electron chi connectivity index (χ0n) is 48.9. The van der Waals surface area contributed by atoms with Gasteiger partial charge in [0.15, 0.2) is 11.6 Å². The molecule has 27 heteroatoms. The molecule has 0 bridgehead atoms. The molecule has 0 aliphatic heterocycles. The number of carbonyl (C=O) groups is 2. The summed E-state index contributed by atoms with van der Waals surface area (Å²) < 4.78 is 101. The molecule has 0 amide bonds. The van der Waals surface area contributed by atoms with E-state index in [0.29, 0.717) is 66.5 Å². The van der Waals surface area contributed by atoms with Gasteiger partial charge >= 0.3 is 11.9 Å². The van der Waals surface area contributed by atoms with E-state index in [0.717, 1.165) is 49.9 Å². The van der Waals surface area contributed by atoms with Crippen molar-refractivity contribution >= 4 is 57.2 Å². The first kappa shape index (κ1) is 60.2. The van der Waals surface area contributed by atoms with Crippen LogP contribution in [-0.2, 0) is 53.4 Å². The molecule has 93 heavy (non-hydrogen) atoms. The van der Waals surface area contributed by atoms with Gasteiger partial charge in [-0.05, 0) is 110 Å². The second kappa shape index (κ2) is 26.1. The van der Waals surface area contributed by atoms with Gasteiger partial charge in [-0.2, -0.15) is 0 Å². The standard InChI is InChI=1S/C66H50Cl2F4N14O7/c67-47-31-59(85-17-15-75-81-85)73-33-41(47)35-91-63-5-1-3-53(79-63)45-29-49(69)39(23-51(45)71)27-61-77-55-13-7-37(25-57(55)83(61)19-21-89-43-9-10-43)65(87)93-66(88)38-8-14-56-58(26-38)84(20-22-90-44-11-12-44)62(78-56)28-40-24-52(72)46(30-50(40)70)54-4-2-6-64(80-54)92-36-42-34-74-60(32-48(42)68)86-18-16-76-82-86/h1-8,13-18,23-26,29-34,43-44H,9-12,19-22,27-28,35-36H2. The number of benzene rings is 4. The molecule has 2 fully saturated rings. The first-order chi connectivity index (χ1) is 45.3. The van der Waals surface area contributed by atoms with Crippen LogP contribution < -0.4 is 9.47 Å². The number of esters is 2. The Kier molecular flexibility index (Phi) is 16.9. The number of halogens is 6. The Morgan fingerprint density at radius 1 is 0.516 bits per heavy atom. The largest absolute Gasteiger partial charge is 0.473 e. The van der Waals surface area contributed by atoms with Crippen molar-refractivity contribution < 1.29 is 50.8 Å². The van der Waals surface area contributed by atoms with Gasteiger partial charge in [-0.3, -0.25) is 0 Å². The predicted molar refractivity (Wildman–Crippen MR) is 329 cm³/mol. The van der Waals surface area contributed by atoms with Gasteiger partial charge < -0.3 is 32.8 Å². The summed E-state index contributed by atoms with van der Waals surface area (Å²) in [5.41, 5.74) is 3.02. The molecule has 468 valence electrons. The third-order valence-corrected chi connectivity index (χ3v) is 16.3. The zero-order valence-corrected chi connectivity index (χ0v) is 50.4. The van der Waals surface area contributed by atoms with Crippen molar-refractivity contribution in [3.05, 3.63) is 225 Å². The van der Waals surface area contributed by atoms with Crippen LogP contribution >= 0.6 is 23.2 Å². The van der Waals surface area contributed by atoms with Crippen LogP contribution in [0, 0.1) is 23.3 Å². The second-order valence-electron chi connectivity index (χ2n) is 22.0. The number of rotatable bonds is 24. The molecule has 0 spiro atoms. The number of nitrogens with zero attached hydrogens (tertiary/aromatic N) is 14. The normalized spacial score (nSPS) is 13.1. The van der Waals surface area contributed by atoms with Crippen LogP contribution in [0.15, 0.2) is 146 Å². The van der Waals surface area contributed by atoms with Gasteiger partial charge in [0.1, 0.15) is 48.1 Å². The molecular weight excluding hydrogens is 1250 g/mol. The molecule has 2 aliphatic carbocycles. The minimum absolute atomic E-state index is 0.00886. The van der Waals surface area contributed by atoms with E-state index in [2.05, 4.69) is 40.6 Å². The Morgan fingerprint density at radius 3 is 1.38 bits per heavy atom. The van der Waals surface area contributed by atoms with Crippen molar-refractivity contribution in [3.8, 4) is 45.9 Å². The van der Waals surface area contributed by atoms with Crippen molar-refractivity contribution in [2.24, 2.45) is 0 Å². The van der Waals surface area contributed by atoms with E-state index < -0.39 is 35.2 Å². The average Bonchev–Trinajstić information content (AvgIpc) is 1.71. The fourth-order valence-corrected chi connectivity index (χ4v) is 10.9. The van der Waals surface area contributed by atoms with Gasteiger partial charge in [0, 0.05) is 84.8 Å². The van der Waals surface area contributed by atoms with Gasteiger partial charge in [-0.15, -0.1) is 10.2 Å². The molecular formula is C66H50Cl2F4N14O7. The average molecular weight is 1300 g/mol. The van der Waals surface area contributed by atoms with E-state index >= 15 is 17.6 Å². The predicted octanol–water partition coefficient (Wildman–Crippen LogP) is 12.0. The van der Waals surface area contributed by atoms with Gasteiger partial charge in [0.2, 0.25) is 11.8 Å². The molecule has 14 rings (SSSR count). The van der Waals surface area contributed by atoms with Crippen LogP contribution in [-0.4, -0.2) is 106 Å². The highest BCUT2D eigenvalue weighted by atomic mass is 35.5. The monoisotopic (exact) mass is 1300 g/mol. The van der Waals surface area contributed by atoms with Crippen LogP contribution in [0.2, 0.25) is 10.0 Å². The Morgan fingerprint density at radius 2 is 0.968 bits per heavy atom. The van der Waals surface area contributed by atoms with Crippen LogP contribution in [0.1, 0.15) is 80.3 Å². The summed E-state index contributed by atoms with van der Waals surface area (Å²) in [5.74, 6) is -2.92. The number of pyridine rings is 4. The van der Waals surface area contributed by atoms with Crippen molar-refractivity contribution in [3.63, 3.8) is 0 Å². The number of fused-ring (bicyclic) bond motifs is 2. The number of imidazole rings is 2. The van der Waals surface area contributed by atoms with Crippen LogP contribution in [0.25, 0.3) is 56.2 Å². The molecule has 0 radical (unpaired) electrons. The maximum absolute atomic E-state index is 16.2. The number of aromatic nitrogens is 14. The Hall–Kier alpha value is -10.3. The number of hydrogen-bond acceptors (Lipinski definition) is 17.